The van der Waals surface area contributed by atoms with E-state index in [4.69, 9.17) is 5.73 Å². The van der Waals surface area contributed by atoms with Crippen molar-refractivity contribution in [2.45, 2.75) is 43.4 Å². The molecule has 1 saturated carbocycles. The molecule has 204 valence electrons. The van der Waals surface area contributed by atoms with Crippen molar-refractivity contribution in [3.05, 3.63) is 70.5 Å². The SMILES string of the molecule is NC(=O)C1c2ccc(NC(=O)CNCc3ccccc3)c(O)c2C(=O)C2=C(O)C3(O)C(=O)CC(O)CC3CC21. The van der Waals surface area contributed by atoms with E-state index in [2.05, 4.69) is 10.6 Å². The first-order chi connectivity index (χ1) is 18.5. The van der Waals surface area contributed by atoms with Gasteiger partial charge in [-0.2, -0.15) is 0 Å². The average Bonchev–Trinajstić information content (AvgIpc) is 2.88. The number of hydrogen-bond acceptors (Lipinski definition) is 9. The number of allylic oxidation sites excluding steroid dienone is 1. The number of nitrogens with two attached hydrogens (primary N) is 1. The Morgan fingerprint density at radius 2 is 1.77 bits per heavy atom. The first-order valence-corrected chi connectivity index (χ1v) is 12.7. The zero-order valence-corrected chi connectivity index (χ0v) is 20.9. The second-order valence-electron chi connectivity index (χ2n) is 10.4. The van der Waals surface area contributed by atoms with Crippen LogP contribution in [0.1, 0.15) is 46.7 Å². The van der Waals surface area contributed by atoms with Crippen LogP contribution in [0.4, 0.5) is 5.69 Å². The number of nitrogens with one attached hydrogen (secondary N) is 2. The van der Waals surface area contributed by atoms with Crippen LogP contribution in [0.25, 0.3) is 0 Å². The fraction of sp³-hybridized carbons (Fsp3) is 0.357. The van der Waals surface area contributed by atoms with Crippen molar-refractivity contribution in [2.24, 2.45) is 17.6 Å². The van der Waals surface area contributed by atoms with Crippen molar-refractivity contribution in [2.75, 3.05) is 11.9 Å². The molecule has 5 unspecified atom stereocenters. The van der Waals surface area contributed by atoms with Crippen molar-refractivity contribution in [1.82, 2.24) is 5.32 Å². The standard InChI is InChI=1S/C28H29N3O8/c29-27(38)21-16-6-7-18(31-20(34)12-30-11-13-4-2-1-3-5-13)24(35)22(16)25(36)23-17(21)9-14-8-15(32)10-19(33)28(14,39)26(23)37/h1-7,14-15,17,21,30,32,35,37,39H,8-12H2,(H2,29,38)(H,31,34). The topological polar surface area (TPSA) is 199 Å². The maximum absolute atomic E-state index is 13.7. The van der Waals surface area contributed by atoms with Crippen molar-refractivity contribution < 1.29 is 39.6 Å². The van der Waals surface area contributed by atoms with Crippen LogP contribution in [0.5, 0.6) is 5.75 Å². The molecule has 0 saturated heterocycles. The fourth-order valence-corrected chi connectivity index (χ4v) is 6.17. The number of aliphatic hydroxyl groups is 3. The number of aliphatic hydroxyl groups excluding tert-OH is 2. The molecule has 5 atom stereocenters. The number of Topliss-reactive ketones (excluding diaryl/α,β-unsaturated/α-hetero) is 2. The molecular formula is C28H29N3O8. The van der Waals surface area contributed by atoms with Crippen molar-refractivity contribution >= 4 is 29.1 Å². The monoisotopic (exact) mass is 535 g/mol. The Bertz CT molecular complexity index is 1410. The summed E-state index contributed by atoms with van der Waals surface area (Å²) in [6.45, 7) is 0.331. The molecule has 11 nitrogen and oxygen atoms in total. The molecule has 0 aromatic heterocycles. The van der Waals surface area contributed by atoms with Crippen LogP contribution in [0.3, 0.4) is 0 Å². The summed E-state index contributed by atoms with van der Waals surface area (Å²) in [5.41, 5.74) is 3.57. The maximum atomic E-state index is 13.7. The predicted molar refractivity (Wildman–Crippen MR) is 138 cm³/mol. The van der Waals surface area contributed by atoms with E-state index in [1.165, 1.54) is 12.1 Å². The first kappa shape index (κ1) is 26.5. The summed E-state index contributed by atoms with van der Waals surface area (Å²) in [6.07, 6.45) is -1.52. The second kappa shape index (κ2) is 9.92. The number of primary amides is 1. The molecule has 39 heavy (non-hydrogen) atoms. The summed E-state index contributed by atoms with van der Waals surface area (Å²) in [4.78, 5) is 51.6. The summed E-state index contributed by atoms with van der Waals surface area (Å²) in [7, 11) is 0. The lowest BCUT2D eigenvalue weighted by Gasteiger charge is -2.48. The van der Waals surface area contributed by atoms with Gasteiger partial charge in [-0.15, -0.1) is 0 Å². The van der Waals surface area contributed by atoms with Crippen LogP contribution in [-0.2, 0) is 20.9 Å². The van der Waals surface area contributed by atoms with E-state index in [0.717, 1.165) is 5.56 Å². The third kappa shape index (κ3) is 4.38. The Hall–Kier alpha value is -4.06. The highest BCUT2D eigenvalue weighted by Gasteiger charge is 2.60. The molecule has 0 bridgehead atoms. The zero-order chi connectivity index (χ0) is 28.1. The molecule has 0 aliphatic heterocycles. The third-order valence-corrected chi connectivity index (χ3v) is 7.98. The number of anilines is 1. The van der Waals surface area contributed by atoms with Crippen LogP contribution in [0.15, 0.2) is 53.8 Å². The van der Waals surface area contributed by atoms with E-state index in [1.54, 1.807) is 0 Å². The van der Waals surface area contributed by atoms with Crippen LogP contribution in [0, 0.1) is 11.8 Å². The number of amides is 2. The van der Waals surface area contributed by atoms with E-state index in [1.807, 2.05) is 30.3 Å². The van der Waals surface area contributed by atoms with Crippen molar-refractivity contribution in [3.8, 4) is 5.75 Å². The van der Waals surface area contributed by atoms with Crippen LogP contribution in [-0.4, -0.2) is 62.1 Å². The minimum Gasteiger partial charge on any atom is -0.508 e. The number of phenols is 1. The summed E-state index contributed by atoms with van der Waals surface area (Å²) >= 11 is 0. The lowest BCUT2D eigenvalue weighted by Crippen LogP contribution is -2.58. The normalized spacial score (nSPS) is 27.8. The maximum Gasteiger partial charge on any atom is 0.238 e. The van der Waals surface area contributed by atoms with Gasteiger partial charge in [0.05, 0.1) is 29.8 Å². The van der Waals surface area contributed by atoms with Crippen molar-refractivity contribution in [1.29, 1.82) is 0 Å². The number of ketones is 2. The Labute approximate surface area is 223 Å². The molecule has 2 amide bonds. The number of rotatable bonds is 6. The van der Waals surface area contributed by atoms with Gasteiger partial charge >= 0.3 is 0 Å². The quantitative estimate of drug-likeness (QED) is 0.261. The molecule has 2 aromatic rings. The molecular weight excluding hydrogens is 506 g/mol. The molecule has 1 fully saturated rings. The van der Waals surface area contributed by atoms with E-state index >= 15 is 0 Å². The number of aromatic hydroxyl groups is 1. The molecule has 3 aliphatic rings. The number of fused-ring (bicyclic) bond motifs is 3. The highest BCUT2D eigenvalue weighted by atomic mass is 16.3. The Morgan fingerprint density at radius 3 is 2.46 bits per heavy atom. The van der Waals surface area contributed by atoms with Gasteiger partial charge in [0.1, 0.15) is 5.76 Å². The van der Waals surface area contributed by atoms with Gasteiger partial charge in [0.15, 0.2) is 22.9 Å². The van der Waals surface area contributed by atoms with Gasteiger partial charge in [0.25, 0.3) is 0 Å². The zero-order valence-electron chi connectivity index (χ0n) is 20.9. The first-order valence-electron chi connectivity index (χ1n) is 12.7. The number of benzene rings is 2. The second-order valence-corrected chi connectivity index (χ2v) is 10.4. The molecule has 5 rings (SSSR count). The largest absolute Gasteiger partial charge is 0.508 e. The average molecular weight is 536 g/mol. The van der Waals surface area contributed by atoms with Crippen LogP contribution < -0.4 is 16.4 Å². The Morgan fingerprint density at radius 1 is 1.05 bits per heavy atom. The van der Waals surface area contributed by atoms with Gasteiger partial charge < -0.3 is 36.8 Å². The van der Waals surface area contributed by atoms with Gasteiger partial charge in [-0.25, -0.2) is 0 Å². The lowest BCUT2D eigenvalue weighted by molar-refractivity contribution is -0.155. The number of carbonyl (C=O) groups excluding carboxylic acids is 4. The van der Waals surface area contributed by atoms with E-state index < -0.39 is 70.8 Å². The highest BCUT2D eigenvalue weighted by Crippen LogP contribution is 2.55. The van der Waals surface area contributed by atoms with Crippen LogP contribution >= 0.6 is 0 Å². The third-order valence-electron chi connectivity index (χ3n) is 7.98. The highest BCUT2D eigenvalue weighted by molar-refractivity contribution is 6.17. The molecule has 2 aromatic carbocycles. The molecule has 8 N–H and O–H groups in total. The smallest absolute Gasteiger partial charge is 0.238 e. The fourth-order valence-electron chi connectivity index (χ4n) is 6.17. The molecule has 11 heteroatoms. The van der Waals surface area contributed by atoms with Gasteiger partial charge in [0.2, 0.25) is 11.8 Å². The Kier molecular flexibility index (Phi) is 6.75. The summed E-state index contributed by atoms with van der Waals surface area (Å²) in [5.74, 6) is -7.66. The van der Waals surface area contributed by atoms with E-state index in [0.29, 0.717) is 6.54 Å². The molecule has 0 spiro atoms. The van der Waals surface area contributed by atoms with Crippen LogP contribution in [0.2, 0.25) is 0 Å². The van der Waals surface area contributed by atoms with Gasteiger partial charge in [0, 0.05) is 30.4 Å². The molecule has 0 heterocycles. The minimum atomic E-state index is -2.40. The molecule has 0 radical (unpaired) electrons. The van der Waals surface area contributed by atoms with E-state index in [-0.39, 0.29) is 41.8 Å². The van der Waals surface area contributed by atoms with Gasteiger partial charge in [-0.05, 0) is 30.0 Å². The summed E-state index contributed by atoms with van der Waals surface area (Å²) in [5, 5.41) is 49.0. The minimum absolute atomic E-state index is 0.0167. The van der Waals surface area contributed by atoms with Gasteiger partial charge in [-0.1, -0.05) is 36.4 Å². The van der Waals surface area contributed by atoms with Crippen molar-refractivity contribution in [3.63, 3.8) is 0 Å². The summed E-state index contributed by atoms with van der Waals surface area (Å²) < 4.78 is 0. The van der Waals surface area contributed by atoms with Gasteiger partial charge in [-0.3, -0.25) is 19.2 Å². The number of carbonyl (C=O) groups is 4. The summed E-state index contributed by atoms with van der Waals surface area (Å²) in [6, 6.07) is 12.2. The predicted octanol–water partition coefficient (Wildman–Crippen LogP) is 0.789. The van der Waals surface area contributed by atoms with E-state index in [9.17, 15) is 39.6 Å². The number of phenolic OH excluding ortho intramolecular Hbond substituents is 1. The Balaban J connectivity index is 1.47. The lowest BCUT2D eigenvalue weighted by atomic mass is 9.57. The molecule has 3 aliphatic carbocycles. The number of hydrogen-bond donors (Lipinski definition) is 7.